The van der Waals surface area contributed by atoms with Gasteiger partial charge in [0.25, 0.3) is 5.91 Å². The minimum absolute atomic E-state index is 0.0911. The van der Waals surface area contributed by atoms with Gasteiger partial charge in [0.1, 0.15) is 0 Å². The second-order valence-electron chi connectivity index (χ2n) is 4.18. The molecule has 1 aromatic carbocycles. The molecule has 0 saturated carbocycles. The van der Waals surface area contributed by atoms with E-state index in [2.05, 4.69) is 36.9 Å². The van der Waals surface area contributed by atoms with Crippen LogP contribution in [0, 0.1) is 0 Å². The van der Waals surface area contributed by atoms with Crippen LogP contribution >= 0.6 is 15.9 Å². The van der Waals surface area contributed by atoms with Gasteiger partial charge in [0.05, 0.1) is 6.61 Å². The Hall–Kier alpha value is -1.60. The van der Waals surface area contributed by atoms with Crippen LogP contribution in [-0.4, -0.2) is 52.3 Å². The Balaban J connectivity index is 2.23. The molecule has 21 heavy (non-hydrogen) atoms. The van der Waals surface area contributed by atoms with E-state index in [0.717, 1.165) is 4.47 Å². The molecule has 0 bridgehead atoms. The molecule has 0 heterocycles. The van der Waals surface area contributed by atoms with E-state index in [4.69, 9.17) is 4.74 Å². The largest absolute Gasteiger partial charge is 0.383 e. The number of benzene rings is 1. The number of hydrogen-bond donors (Lipinski definition) is 3. The van der Waals surface area contributed by atoms with Gasteiger partial charge in [-0.1, -0.05) is 15.9 Å². The number of rotatable bonds is 7. The molecule has 6 nitrogen and oxygen atoms in total. The van der Waals surface area contributed by atoms with E-state index >= 15 is 0 Å². The minimum atomic E-state index is -0.0911. The zero-order valence-corrected chi connectivity index (χ0v) is 13.9. The Bertz CT molecular complexity index is 463. The van der Waals surface area contributed by atoms with E-state index in [9.17, 15) is 4.79 Å². The molecule has 0 aliphatic rings. The van der Waals surface area contributed by atoms with Crippen LogP contribution in [0.3, 0.4) is 0 Å². The van der Waals surface area contributed by atoms with Crippen molar-refractivity contribution in [2.24, 2.45) is 4.99 Å². The fraction of sp³-hybridized carbons (Fsp3) is 0.429. The molecule has 116 valence electrons. The number of hydrogen-bond acceptors (Lipinski definition) is 3. The maximum atomic E-state index is 11.9. The predicted octanol–water partition coefficient (Wildman–Crippen LogP) is 0.990. The molecule has 1 aromatic rings. The standard InChI is InChI=1S/C14H21BrN4O2/c1-16-14(19-9-10-21-2)18-8-7-17-13(20)11-3-5-12(15)6-4-11/h3-6H,7-10H2,1-2H3,(H,17,20)(H2,16,18,19). The molecule has 1 amide bonds. The molecule has 7 heteroatoms. The molecule has 0 saturated heterocycles. The number of halogens is 1. The summed E-state index contributed by atoms with van der Waals surface area (Å²) in [5.74, 6) is 0.594. The van der Waals surface area contributed by atoms with Crippen molar-refractivity contribution in [3.8, 4) is 0 Å². The van der Waals surface area contributed by atoms with Crippen molar-refractivity contribution in [2.45, 2.75) is 0 Å². The number of carbonyl (C=O) groups is 1. The molecule has 3 N–H and O–H groups in total. The predicted molar refractivity (Wildman–Crippen MR) is 87.7 cm³/mol. The molecule has 0 atom stereocenters. The van der Waals surface area contributed by atoms with Crippen LogP contribution < -0.4 is 16.0 Å². The maximum Gasteiger partial charge on any atom is 0.251 e. The van der Waals surface area contributed by atoms with Crippen LogP contribution in [0.25, 0.3) is 0 Å². The van der Waals surface area contributed by atoms with Gasteiger partial charge in [0.15, 0.2) is 5.96 Å². The lowest BCUT2D eigenvalue weighted by Gasteiger charge is -2.12. The first-order valence-electron chi connectivity index (χ1n) is 6.64. The summed E-state index contributed by atoms with van der Waals surface area (Å²) in [6.45, 7) is 2.40. The number of nitrogens with one attached hydrogen (secondary N) is 3. The summed E-state index contributed by atoms with van der Waals surface area (Å²) < 4.78 is 5.90. The fourth-order valence-corrected chi connectivity index (χ4v) is 1.82. The van der Waals surface area contributed by atoms with Crippen molar-refractivity contribution in [3.05, 3.63) is 34.3 Å². The highest BCUT2D eigenvalue weighted by atomic mass is 79.9. The highest BCUT2D eigenvalue weighted by molar-refractivity contribution is 9.10. The summed E-state index contributed by atoms with van der Waals surface area (Å²) in [5.41, 5.74) is 0.640. The Labute approximate surface area is 133 Å². The molecule has 0 radical (unpaired) electrons. The summed E-state index contributed by atoms with van der Waals surface area (Å²) in [7, 11) is 3.35. The second kappa shape index (κ2) is 10.2. The summed E-state index contributed by atoms with van der Waals surface area (Å²) in [4.78, 5) is 15.9. The first kappa shape index (κ1) is 17.5. The van der Waals surface area contributed by atoms with Gasteiger partial charge in [-0.15, -0.1) is 0 Å². The molecule has 0 aliphatic heterocycles. The van der Waals surface area contributed by atoms with Gasteiger partial charge < -0.3 is 20.7 Å². The summed E-state index contributed by atoms with van der Waals surface area (Å²) >= 11 is 3.34. The molecule has 0 aromatic heterocycles. The SMILES string of the molecule is CN=C(NCCNC(=O)c1ccc(Br)cc1)NCCOC. The van der Waals surface area contributed by atoms with E-state index in [1.54, 1.807) is 26.3 Å². The third-order valence-corrected chi connectivity index (χ3v) is 3.16. The van der Waals surface area contributed by atoms with Gasteiger partial charge in [-0.25, -0.2) is 0 Å². The van der Waals surface area contributed by atoms with Crippen LogP contribution in [0.2, 0.25) is 0 Å². The zero-order valence-electron chi connectivity index (χ0n) is 12.3. The van der Waals surface area contributed by atoms with Gasteiger partial charge in [-0.05, 0) is 24.3 Å². The van der Waals surface area contributed by atoms with Gasteiger partial charge in [-0.2, -0.15) is 0 Å². The van der Waals surface area contributed by atoms with Crippen molar-refractivity contribution in [3.63, 3.8) is 0 Å². The third-order valence-electron chi connectivity index (χ3n) is 2.63. The highest BCUT2D eigenvalue weighted by Crippen LogP contribution is 2.10. The Kier molecular flexibility index (Phi) is 8.45. The van der Waals surface area contributed by atoms with Gasteiger partial charge in [0, 0.05) is 43.8 Å². The average molecular weight is 357 g/mol. The topological polar surface area (TPSA) is 74.8 Å². The lowest BCUT2D eigenvalue weighted by atomic mass is 10.2. The van der Waals surface area contributed by atoms with Crippen molar-refractivity contribution < 1.29 is 9.53 Å². The molecule has 0 fully saturated rings. The van der Waals surface area contributed by atoms with Crippen molar-refractivity contribution in [2.75, 3.05) is 40.4 Å². The van der Waals surface area contributed by atoms with Crippen LogP contribution in [-0.2, 0) is 4.74 Å². The number of methoxy groups -OCH3 is 1. The van der Waals surface area contributed by atoms with Crippen LogP contribution in [0.15, 0.2) is 33.7 Å². The molecule has 1 rings (SSSR count). The minimum Gasteiger partial charge on any atom is -0.383 e. The quantitative estimate of drug-likeness (QED) is 0.387. The highest BCUT2D eigenvalue weighted by Gasteiger charge is 2.04. The third kappa shape index (κ3) is 7.10. The molecule has 0 unspecified atom stereocenters. The fourth-order valence-electron chi connectivity index (χ4n) is 1.55. The van der Waals surface area contributed by atoms with Crippen LogP contribution in [0.5, 0.6) is 0 Å². The van der Waals surface area contributed by atoms with Gasteiger partial charge in [-0.3, -0.25) is 9.79 Å². The maximum absolute atomic E-state index is 11.9. The Morgan fingerprint density at radius 2 is 1.76 bits per heavy atom. The lowest BCUT2D eigenvalue weighted by molar-refractivity contribution is 0.0954. The monoisotopic (exact) mass is 356 g/mol. The number of guanidine groups is 1. The number of carbonyl (C=O) groups excluding carboxylic acids is 1. The molecular formula is C14H21BrN4O2. The Morgan fingerprint density at radius 1 is 1.14 bits per heavy atom. The van der Waals surface area contributed by atoms with Gasteiger partial charge in [0.2, 0.25) is 0 Å². The number of ether oxygens (including phenoxy) is 1. The number of amides is 1. The normalized spacial score (nSPS) is 11.1. The van der Waals surface area contributed by atoms with E-state index in [0.29, 0.717) is 37.8 Å². The van der Waals surface area contributed by atoms with E-state index in [1.165, 1.54) is 0 Å². The average Bonchev–Trinajstić information content (AvgIpc) is 2.50. The molecule has 0 spiro atoms. The van der Waals surface area contributed by atoms with E-state index in [-0.39, 0.29) is 5.91 Å². The molecule has 0 aliphatic carbocycles. The van der Waals surface area contributed by atoms with Crippen LogP contribution in [0.4, 0.5) is 0 Å². The Morgan fingerprint density at radius 3 is 2.38 bits per heavy atom. The summed E-state index contributed by atoms with van der Waals surface area (Å²) in [6, 6.07) is 7.24. The summed E-state index contributed by atoms with van der Waals surface area (Å²) in [5, 5.41) is 9.04. The molecular weight excluding hydrogens is 336 g/mol. The first-order chi connectivity index (χ1) is 10.2. The number of nitrogens with zero attached hydrogens (tertiary/aromatic N) is 1. The second-order valence-corrected chi connectivity index (χ2v) is 5.10. The van der Waals surface area contributed by atoms with Gasteiger partial charge >= 0.3 is 0 Å². The first-order valence-corrected chi connectivity index (χ1v) is 7.44. The van der Waals surface area contributed by atoms with E-state index in [1.807, 2.05) is 12.1 Å². The number of aliphatic imine (C=N–C) groups is 1. The zero-order chi connectivity index (χ0) is 15.5. The van der Waals surface area contributed by atoms with Crippen molar-refractivity contribution in [1.29, 1.82) is 0 Å². The summed E-state index contributed by atoms with van der Waals surface area (Å²) in [6.07, 6.45) is 0. The van der Waals surface area contributed by atoms with Crippen molar-refractivity contribution >= 4 is 27.8 Å². The van der Waals surface area contributed by atoms with Crippen LogP contribution in [0.1, 0.15) is 10.4 Å². The smallest absolute Gasteiger partial charge is 0.251 e. The van der Waals surface area contributed by atoms with E-state index < -0.39 is 0 Å². The van der Waals surface area contributed by atoms with Crippen molar-refractivity contribution in [1.82, 2.24) is 16.0 Å². The lowest BCUT2D eigenvalue weighted by Crippen LogP contribution is -2.42.